The highest BCUT2D eigenvalue weighted by Crippen LogP contribution is 2.20. The number of carbonyl (C=O) groups excluding carboxylic acids is 2. The Kier molecular flexibility index (Phi) is 3.82. The van der Waals surface area contributed by atoms with Gasteiger partial charge in [-0.1, -0.05) is 18.2 Å². The normalized spacial score (nSPS) is 11.6. The number of nitrogen functional groups attached to an aromatic ring is 1. The molecule has 0 saturated heterocycles. The van der Waals surface area contributed by atoms with Crippen LogP contribution in [0.4, 0.5) is 0 Å². The fraction of sp³-hybridized carbons (Fsp3) is 0.200. The first-order valence-electron chi connectivity index (χ1n) is 4.33. The summed E-state index contributed by atoms with van der Waals surface area (Å²) in [5.74, 6) is 4.61. The van der Waals surface area contributed by atoms with Crippen LogP contribution < -0.4 is 11.3 Å². The van der Waals surface area contributed by atoms with E-state index in [9.17, 15) is 9.59 Å². The number of hydrazine groups is 1. The van der Waals surface area contributed by atoms with Crippen LogP contribution >= 0.6 is 0 Å². The van der Waals surface area contributed by atoms with E-state index in [1.54, 1.807) is 31.2 Å². The maximum atomic E-state index is 11.4. The maximum absolute atomic E-state index is 11.4. The van der Waals surface area contributed by atoms with Gasteiger partial charge in [-0.15, -0.1) is 0 Å². The third-order valence-electron chi connectivity index (χ3n) is 2.00. The molecule has 0 bridgehead atoms. The number of ether oxygens (including phenoxy) is 1. The Bertz CT molecular complexity index is 365. The van der Waals surface area contributed by atoms with Gasteiger partial charge in [0.25, 0.3) is 5.91 Å². The molecule has 0 heterocycles. The standard InChI is InChI=1S/C10H11N2O3/c1-7(15-6-13)8-4-2-3-5-9(8)10(14)12-11/h2-5,7H,11H2,1H3,(H,12,14). The summed E-state index contributed by atoms with van der Waals surface area (Å²) >= 11 is 0. The largest absolute Gasteiger partial charge is 0.449 e. The molecule has 0 spiro atoms. The minimum Gasteiger partial charge on any atom is -0.449 e. The van der Waals surface area contributed by atoms with Gasteiger partial charge in [-0.3, -0.25) is 10.2 Å². The first-order valence-corrected chi connectivity index (χ1v) is 4.33. The number of rotatable bonds is 4. The molecule has 15 heavy (non-hydrogen) atoms. The van der Waals surface area contributed by atoms with Gasteiger partial charge >= 0.3 is 6.47 Å². The van der Waals surface area contributed by atoms with E-state index in [0.717, 1.165) is 0 Å². The van der Waals surface area contributed by atoms with Crippen LogP contribution in [0.15, 0.2) is 24.3 Å². The predicted octanol–water partition coefficient (Wildman–Crippen LogP) is 0.435. The second-order valence-corrected chi connectivity index (χ2v) is 2.90. The predicted molar refractivity (Wildman–Crippen MR) is 53.3 cm³/mol. The van der Waals surface area contributed by atoms with Crippen molar-refractivity contribution >= 4 is 12.4 Å². The fourth-order valence-electron chi connectivity index (χ4n) is 1.27. The van der Waals surface area contributed by atoms with Gasteiger partial charge in [0.2, 0.25) is 0 Å². The molecule has 79 valence electrons. The van der Waals surface area contributed by atoms with Crippen LogP contribution in [0.5, 0.6) is 0 Å². The summed E-state index contributed by atoms with van der Waals surface area (Å²) in [7, 11) is 0. The summed E-state index contributed by atoms with van der Waals surface area (Å²) in [6.45, 7) is 2.98. The van der Waals surface area contributed by atoms with Gasteiger partial charge < -0.3 is 4.74 Å². The molecule has 0 aliphatic carbocycles. The van der Waals surface area contributed by atoms with Crippen LogP contribution in [0.2, 0.25) is 0 Å². The van der Waals surface area contributed by atoms with Gasteiger partial charge in [-0.2, -0.15) is 0 Å². The van der Waals surface area contributed by atoms with E-state index in [0.29, 0.717) is 11.1 Å². The molecule has 0 fully saturated rings. The second-order valence-electron chi connectivity index (χ2n) is 2.90. The van der Waals surface area contributed by atoms with E-state index in [2.05, 4.69) is 4.74 Å². The van der Waals surface area contributed by atoms with Crippen molar-refractivity contribution in [3.8, 4) is 0 Å². The van der Waals surface area contributed by atoms with E-state index in [-0.39, 0.29) is 0 Å². The van der Waals surface area contributed by atoms with E-state index < -0.39 is 12.0 Å². The fourth-order valence-corrected chi connectivity index (χ4v) is 1.27. The van der Waals surface area contributed by atoms with Crippen LogP contribution in [0.1, 0.15) is 28.9 Å². The molecule has 1 rings (SSSR count). The summed E-state index contributed by atoms with van der Waals surface area (Å²) in [5.41, 5.74) is 2.99. The van der Waals surface area contributed by atoms with Gasteiger partial charge in [-0.05, 0) is 13.0 Å². The van der Waals surface area contributed by atoms with Gasteiger partial charge in [0.15, 0.2) is 0 Å². The number of amides is 1. The maximum Gasteiger partial charge on any atom is 0.418 e. The van der Waals surface area contributed by atoms with E-state index >= 15 is 0 Å². The first-order chi connectivity index (χ1) is 7.20. The van der Waals surface area contributed by atoms with Crippen molar-refractivity contribution in [2.24, 2.45) is 5.84 Å². The lowest BCUT2D eigenvalue weighted by molar-refractivity contribution is 0.0947. The zero-order chi connectivity index (χ0) is 11.3. The number of hydrogen-bond acceptors (Lipinski definition) is 4. The number of nitrogens with two attached hydrogens (primary N) is 1. The molecule has 1 aromatic carbocycles. The monoisotopic (exact) mass is 207 g/mol. The number of nitrogens with one attached hydrogen (secondary N) is 1. The lowest BCUT2D eigenvalue weighted by Crippen LogP contribution is -2.31. The number of hydrogen-bond donors (Lipinski definition) is 2. The minimum absolute atomic E-state index is 0.378. The van der Waals surface area contributed by atoms with Crippen molar-refractivity contribution in [1.29, 1.82) is 0 Å². The van der Waals surface area contributed by atoms with Crippen molar-refractivity contribution in [3.63, 3.8) is 0 Å². The summed E-state index contributed by atoms with van der Waals surface area (Å²) in [6.07, 6.45) is -0.531. The third-order valence-corrected chi connectivity index (χ3v) is 2.00. The number of carbonyl (C=O) groups is 1. The van der Waals surface area contributed by atoms with Gasteiger partial charge in [-0.25, -0.2) is 10.6 Å². The van der Waals surface area contributed by atoms with Crippen molar-refractivity contribution in [3.05, 3.63) is 35.4 Å². The van der Waals surface area contributed by atoms with Gasteiger partial charge in [0.1, 0.15) is 6.10 Å². The Balaban J connectivity index is 3.05. The molecule has 5 heteroatoms. The highest BCUT2D eigenvalue weighted by Gasteiger charge is 2.15. The highest BCUT2D eigenvalue weighted by molar-refractivity contribution is 5.95. The third kappa shape index (κ3) is 2.54. The van der Waals surface area contributed by atoms with Gasteiger partial charge in [0.05, 0.1) is 0 Å². The lowest BCUT2D eigenvalue weighted by atomic mass is 10.0. The molecular formula is C10H11N2O3. The second kappa shape index (κ2) is 5.11. The smallest absolute Gasteiger partial charge is 0.418 e. The molecule has 1 amide bonds. The molecule has 0 saturated carbocycles. The summed E-state index contributed by atoms with van der Waals surface area (Å²) in [4.78, 5) is 21.4. The van der Waals surface area contributed by atoms with Crippen molar-refractivity contribution < 1.29 is 14.3 Å². The summed E-state index contributed by atoms with van der Waals surface area (Å²) < 4.78 is 4.64. The van der Waals surface area contributed by atoms with Gasteiger partial charge in [0, 0.05) is 11.1 Å². The molecule has 1 radical (unpaired) electrons. The summed E-state index contributed by atoms with van der Waals surface area (Å²) in [6, 6.07) is 6.73. The quantitative estimate of drug-likeness (QED) is 0.426. The average molecular weight is 207 g/mol. The van der Waals surface area contributed by atoms with E-state index in [1.807, 2.05) is 5.43 Å². The Morgan fingerprint density at radius 2 is 2.20 bits per heavy atom. The molecule has 0 aliphatic rings. The topological polar surface area (TPSA) is 81.4 Å². The zero-order valence-corrected chi connectivity index (χ0v) is 8.19. The molecule has 3 N–H and O–H groups in total. The molecule has 1 atom stereocenters. The Morgan fingerprint density at radius 3 is 2.80 bits per heavy atom. The molecule has 0 aromatic heterocycles. The van der Waals surface area contributed by atoms with E-state index in [1.165, 1.54) is 6.47 Å². The van der Waals surface area contributed by atoms with Crippen molar-refractivity contribution in [1.82, 2.24) is 5.43 Å². The minimum atomic E-state index is -0.531. The highest BCUT2D eigenvalue weighted by atomic mass is 16.5. The molecule has 5 nitrogen and oxygen atoms in total. The molecule has 0 aliphatic heterocycles. The van der Waals surface area contributed by atoms with Crippen LogP contribution in [0, 0.1) is 0 Å². The summed E-state index contributed by atoms with van der Waals surface area (Å²) in [5, 5.41) is 0. The average Bonchev–Trinajstić information content (AvgIpc) is 2.28. The lowest BCUT2D eigenvalue weighted by Gasteiger charge is -2.12. The Hall–Kier alpha value is -1.88. The Labute approximate surface area is 87.2 Å². The van der Waals surface area contributed by atoms with E-state index in [4.69, 9.17) is 5.84 Å². The zero-order valence-electron chi connectivity index (χ0n) is 8.19. The van der Waals surface area contributed by atoms with Crippen LogP contribution in [-0.2, 0) is 9.53 Å². The molecular weight excluding hydrogens is 196 g/mol. The van der Waals surface area contributed by atoms with Crippen molar-refractivity contribution in [2.75, 3.05) is 0 Å². The van der Waals surface area contributed by atoms with Crippen LogP contribution in [0.3, 0.4) is 0 Å². The Morgan fingerprint density at radius 1 is 1.53 bits per heavy atom. The van der Waals surface area contributed by atoms with Crippen LogP contribution in [-0.4, -0.2) is 12.4 Å². The van der Waals surface area contributed by atoms with Crippen molar-refractivity contribution in [2.45, 2.75) is 13.0 Å². The SMILES string of the molecule is CC(O[C]=O)c1ccccc1C(=O)NN. The number of benzene rings is 1. The molecule has 1 aromatic rings. The van der Waals surface area contributed by atoms with Crippen LogP contribution in [0.25, 0.3) is 0 Å². The molecule has 1 unspecified atom stereocenters. The first kappa shape index (κ1) is 11.2.